The zero-order chi connectivity index (χ0) is 15.0. The van der Waals surface area contributed by atoms with E-state index in [1.165, 1.54) is 6.08 Å². The van der Waals surface area contributed by atoms with Gasteiger partial charge in [0, 0.05) is 6.08 Å². The Kier molecular flexibility index (Phi) is 5.75. The number of carbonyl (C=O) groups excluding carboxylic acids is 1. The number of ether oxygens (including phenoxy) is 1. The molecule has 0 atom stereocenters. The van der Waals surface area contributed by atoms with Crippen LogP contribution < -0.4 is 10.1 Å². The maximum absolute atomic E-state index is 11.6. The van der Waals surface area contributed by atoms with Crippen molar-refractivity contribution in [3.8, 4) is 11.8 Å². The van der Waals surface area contributed by atoms with E-state index >= 15 is 0 Å². The molecule has 1 amide bonds. The third-order valence-corrected chi connectivity index (χ3v) is 2.47. The van der Waals surface area contributed by atoms with Crippen molar-refractivity contribution in [1.29, 1.82) is 5.26 Å². The van der Waals surface area contributed by atoms with Crippen molar-refractivity contribution in [2.45, 2.75) is 19.4 Å². The molecule has 5 nitrogen and oxygen atoms in total. The van der Waals surface area contributed by atoms with Crippen molar-refractivity contribution in [2.75, 3.05) is 13.2 Å². The molecular formula is C15H18N2O3. The maximum atomic E-state index is 11.6. The first-order valence-corrected chi connectivity index (χ1v) is 6.18. The third kappa shape index (κ3) is 5.55. The predicted molar refractivity (Wildman–Crippen MR) is 75.9 cm³/mol. The smallest absolute Gasteiger partial charge is 0.244 e. The van der Waals surface area contributed by atoms with Gasteiger partial charge in [0.05, 0.1) is 12.1 Å². The lowest BCUT2D eigenvalue weighted by molar-refractivity contribution is -0.118. The number of rotatable bonds is 6. The van der Waals surface area contributed by atoms with E-state index in [0.717, 1.165) is 5.56 Å². The van der Waals surface area contributed by atoms with E-state index in [9.17, 15) is 4.79 Å². The second kappa shape index (κ2) is 7.31. The summed E-state index contributed by atoms with van der Waals surface area (Å²) >= 11 is 0. The van der Waals surface area contributed by atoms with Gasteiger partial charge < -0.3 is 15.2 Å². The van der Waals surface area contributed by atoms with Gasteiger partial charge in [-0.1, -0.05) is 12.1 Å². The molecule has 0 aromatic heterocycles. The lowest BCUT2D eigenvalue weighted by atomic mass is 10.1. The van der Waals surface area contributed by atoms with E-state index in [-0.39, 0.29) is 19.1 Å². The predicted octanol–water partition coefficient (Wildman–Crippen LogP) is 1.49. The number of amides is 1. The highest BCUT2D eigenvalue weighted by Crippen LogP contribution is 2.13. The zero-order valence-corrected chi connectivity index (χ0v) is 11.6. The zero-order valence-electron chi connectivity index (χ0n) is 11.6. The monoisotopic (exact) mass is 274 g/mol. The Morgan fingerprint density at radius 2 is 2.10 bits per heavy atom. The summed E-state index contributed by atoms with van der Waals surface area (Å²) in [5.41, 5.74) is 0.197. The molecule has 20 heavy (non-hydrogen) atoms. The molecule has 2 N–H and O–H groups in total. The van der Waals surface area contributed by atoms with Gasteiger partial charge in [-0.15, -0.1) is 0 Å². The first kappa shape index (κ1) is 15.7. The van der Waals surface area contributed by atoms with E-state index in [1.807, 2.05) is 6.07 Å². The van der Waals surface area contributed by atoms with Crippen molar-refractivity contribution in [3.05, 3.63) is 35.9 Å². The van der Waals surface area contributed by atoms with Gasteiger partial charge >= 0.3 is 0 Å². The van der Waals surface area contributed by atoms with Crippen molar-refractivity contribution in [3.63, 3.8) is 0 Å². The van der Waals surface area contributed by atoms with Crippen LogP contribution in [-0.4, -0.2) is 29.8 Å². The Bertz CT molecular complexity index is 513. The van der Waals surface area contributed by atoms with Crippen LogP contribution in [0.2, 0.25) is 0 Å². The van der Waals surface area contributed by atoms with Crippen molar-refractivity contribution < 1.29 is 14.6 Å². The topological polar surface area (TPSA) is 82.3 Å². The molecule has 0 radical (unpaired) electrons. The number of nitrogens with one attached hydrogen (secondary N) is 1. The Morgan fingerprint density at radius 3 is 2.65 bits per heavy atom. The number of hydrogen-bond donors (Lipinski definition) is 2. The SMILES string of the molecule is CC(C)(CO)NC(=O)/C=C/c1ccc(OCC#N)cc1. The fraction of sp³-hybridized carbons (Fsp3) is 0.333. The second-order valence-corrected chi connectivity index (χ2v) is 4.88. The van der Waals surface area contributed by atoms with E-state index in [0.29, 0.717) is 5.75 Å². The molecule has 0 bridgehead atoms. The first-order chi connectivity index (χ1) is 9.46. The molecule has 1 rings (SSSR count). The maximum Gasteiger partial charge on any atom is 0.244 e. The van der Waals surface area contributed by atoms with Gasteiger partial charge in [0.25, 0.3) is 0 Å². The van der Waals surface area contributed by atoms with Gasteiger partial charge in [0.1, 0.15) is 11.8 Å². The quantitative estimate of drug-likeness (QED) is 0.770. The number of aliphatic hydroxyl groups is 1. The Morgan fingerprint density at radius 1 is 1.45 bits per heavy atom. The molecule has 0 unspecified atom stereocenters. The molecular weight excluding hydrogens is 256 g/mol. The number of hydrogen-bond acceptors (Lipinski definition) is 4. The highest BCUT2D eigenvalue weighted by atomic mass is 16.5. The van der Waals surface area contributed by atoms with Crippen LogP contribution in [0.15, 0.2) is 30.3 Å². The van der Waals surface area contributed by atoms with Crippen molar-refractivity contribution >= 4 is 12.0 Å². The molecule has 1 aromatic rings. The third-order valence-electron chi connectivity index (χ3n) is 2.47. The Balaban J connectivity index is 2.58. The summed E-state index contributed by atoms with van der Waals surface area (Å²) in [6.07, 6.45) is 3.07. The molecule has 106 valence electrons. The van der Waals surface area contributed by atoms with Crippen LogP contribution in [0.5, 0.6) is 5.75 Å². The first-order valence-electron chi connectivity index (χ1n) is 6.18. The van der Waals surface area contributed by atoms with E-state index in [2.05, 4.69) is 5.32 Å². The van der Waals surface area contributed by atoms with E-state index in [4.69, 9.17) is 15.1 Å². The van der Waals surface area contributed by atoms with Crippen LogP contribution in [0.25, 0.3) is 6.08 Å². The highest BCUT2D eigenvalue weighted by Gasteiger charge is 2.17. The molecule has 0 spiro atoms. The number of benzene rings is 1. The summed E-state index contributed by atoms with van der Waals surface area (Å²) in [7, 11) is 0. The van der Waals surface area contributed by atoms with E-state index in [1.54, 1.807) is 44.2 Å². The average molecular weight is 274 g/mol. The number of carbonyl (C=O) groups is 1. The minimum absolute atomic E-state index is 0.00777. The molecule has 0 saturated heterocycles. The molecule has 0 heterocycles. The lowest BCUT2D eigenvalue weighted by Crippen LogP contribution is -2.45. The molecule has 0 aliphatic heterocycles. The second-order valence-electron chi connectivity index (χ2n) is 4.88. The van der Waals surface area contributed by atoms with Crippen LogP contribution >= 0.6 is 0 Å². The summed E-state index contributed by atoms with van der Waals surface area (Å²) in [4.78, 5) is 11.6. The van der Waals surface area contributed by atoms with Crippen LogP contribution in [0.1, 0.15) is 19.4 Å². The minimum atomic E-state index is -0.642. The van der Waals surface area contributed by atoms with Crippen LogP contribution in [0, 0.1) is 11.3 Å². The normalized spacial score (nSPS) is 11.1. The molecule has 0 fully saturated rings. The van der Waals surface area contributed by atoms with Crippen molar-refractivity contribution in [1.82, 2.24) is 5.32 Å². The molecule has 0 aliphatic carbocycles. The number of nitrogens with zero attached hydrogens (tertiary/aromatic N) is 1. The van der Waals surface area contributed by atoms with Gasteiger partial charge in [-0.05, 0) is 37.6 Å². The standard InChI is InChI=1S/C15H18N2O3/c1-15(2,11-18)17-14(19)8-5-12-3-6-13(7-4-12)20-10-9-16/h3-8,18H,10-11H2,1-2H3,(H,17,19)/b8-5+. The summed E-state index contributed by atoms with van der Waals surface area (Å²) in [6.45, 7) is 3.35. The summed E-state index contributed by atoms with van der Waals surface area (Å²) in [5, 5.41) is 20.1. The van der Waals surface area contributed by atoms with Gasteiger partial charge in [-0.3, -0.25) is 4.79 Å². The minimum Gasteiger partial charge on any atom is -0.479 e. The Labute approximate surface area is 118 Å². The molecule has 1 aromatic carbocycles. The highest BCUT2D eigenvalue weighted by molar-refractivity contribution is 5.92. The summed E-state index contributed by atoms with van der Waals surface area (Å²) in [5.74, 6) is 0.337. The Hall–Kier alpha value is -2.32. The van der Waals surface area contributed by atoms with Gasteiger partial charge in [-0.2, -0.15) is 5.26 Å². The number of nitriles is 1. The average Bonchev–Trinajstić information content (AvgIpc) is 2.43. The van der Waals surface area contributed by atoms with Crippen molar-refractivity contribution in [2.24, 2.45) is 0 Å². The molecule has 0 aliphatic rings. The van der Waals surface area contributed by atoms with Crippen LogP contribution in [0.3, 0.4) is 0 Å². The summed E-state index contributed by atoms with van der Waals surface area (Å²) < 4.78 is 5.12. The van der Waals surface area contributed by atoms with Gasteiger partial charge in [0.15, 0.2) is 6.61 Å². The molecule has 5 heteroatoms. The van der Waals surface area contributed by atoms with Crippen LogP contribution in [-0.2, 0) is 4.79 Å². The fourth-order valence-electron chi connectivity index (χ4n) is 1.38. The molecule has 0 saturated carbocycles. The summed E-state index contributed by atoms with van der Waals surface area (Å²) in [6, 6.07) is 8.92. The lowest BCUT2D eigenvalue weighted by Gasteiger charge is -2.22. The fourth-order valence-corrected chi connectivity index (χ4v) is 1.38. The number of aliphatic hydroxyl groups excluding tert-OH is 1. The van der Waals surface area contributed by atoms with E-state index < -0.39 is 5.54 Å². The van der Waals surface area contributed by atoms with Gasteiger partial charge in [0.2, 0.25) is 5.91 Å². The largest absolute Gasteiger partial charge is 0.479 e. The van der Waals surface area contributed by atoms with Crippen LogP contribution in [0.4, 0.5) is 0 Å². The van der Waals surface area contributed by atoms with Gasteiger partial charge in [-0.25, -0.2) is 0 Å².